The summed E-state index contributed by atoms with van der Waals surface area (Å²) in [7, 11) is 4.02. The van der Waals surface area contributed by atoms with Crippen molar-refractivity contribution < 1.29 is 9.53 Å². The molecule has 0 aliphatic carbocycles. The number of benzene rings is 1. The average molecular weight is 368 g/mol. The van der Waals surface area contributed by atoms with Crippen LogP contribution in [0.1, 0.15) is 49.1 Å². The Bertz CT molecular complexity index is 803. The van der Waals surface area contributed by atoms with Crippen LogP contribution >= 0.6 is 0 Å². The Morgan fingerprint density at radius 3 is 2.85 bits per heavy atom. The molecule has 2 aliphatic rings. The molecule has 0 spiro atoms. The molecule has 1 unspecified atom stereocenters. The number of nitrogens with zero attached hydrogens (tertiary/aromatic N) is 3. The van der Waals surface area contributed by atoms with Gasteiger partial charge in [-0.05, 0) is 43.4 Å². The normalized spacial score (nSPS) is 25.6. The molecule has 144 valence electrons. The molecule has 1 fully saturated rings. The summed E-state index contributed by atoms with van der Waals surface area (Å²) in [6.45, 7) is 1.70. The van der Waals surface area contributed by atoms with E-state index in [1.165, 1.54) is 11.3 Å². The molecule has 6 nitrogen and oxygen atoms in total. The summed E-state index contributed by atoms with van der Waals surface area (Å²) < 4.78 is 7.82. The van der Waals surface area contributed by atoms with E-state index in [1.54, 1.807) is 6.20 Å². The zero-order valence-corrected chi connectivity index (χ0v) is 16.1. The van der Waals surface area contributed by atoms with E-state index in [2.05, 4.69) is 46.6 Å². The van der Waals surface area contributed by atoms with Gasteiger partial charge in [0, 0.05) is 39.1 Å². The highest BCUT2D eigenvalue weighted by Gasteiger charge is 2.36. The number of aryl methyl sites for hydroxylation is 1. The SMILES string of the molecule is CN1CCCC(NC(=O)[C@@H]2CCCO[C@H]2c2ccnn2C)c2ccccc21. The lowest BCUT2D eigenvalue weighted by Gasteiger charge is -2.32. The van der Waals surface area contributed by atoms with E-state index in [9.17, 15) is 4.79 Å². The Balaban J connectivity index is 1.56. The Kier molecular flexibility index (Phi) is 5.16. The van der Waals surface area contributed by atoms with Crippen LogP contribution in [0.5, 0.6) is 0 Å². The Morgan fingerprint density at radius 2 is 2.04 bits per heavy atom. The van der Waals surface area contributed by atoms with Crippen LogP contribution in [0, 0.1) is 5.92 Å². The molecule has 2 aliphatic heterocycles. The van der Waals surface area contributed by atoms with Gasteiger partial charge in [-0.25, -0.2) is 0 Å². The minimum absolute atomic E-state index is 0.0489. The fourth-order valence-corrected chi connectivity index (χ4v) is 4.37. The van der Waals surface area contributed by atoms with Crippen molar-refractivity contribution in [3.8, 4) is 0 Å². The molecule has 4 rings (SSSR count). The molecule has 1 aromatic heterocycles. The second-order valence-electron chi connectivity index (χ2n) is 7.60. The number of carbonyl (C=O) groups is 1. The van der Waals surface area contributed by atoms with Gasteiger partial charge in [-0.3, -0.25) is 9.48 Å². The van der Waals surface area contributed by atoms with Gasteiger partial charge in [-0.15, -0.1) is 0 Å². The smallest absolute Gasteiger partial charge is 0.226 e. The molecule has 3 atom stereocenters. The number of fused-ring (bicyclic) bond motifs is 1. The van der Waals surface area contributed by atoms with Gasteiger partial charge in [0.2, 0.25) is 5.91 Å². The standard InChI is InChI=1S/C21H28N4O2/c1-24-13-5-9-17(15-7-3-4-10-18(15)24)23-21(26)16-8-6-14-27-20(16)19-11-12-22-25(19)2/h3-4,7,10-12,16-17,20H,5-6,8-9,13-14H2,1-2H3,(H,23,26)/t16-,17?,20-/m1/s1. The van der Waals surface area contributed by atoms with Crippen molar-refractivity contribution in [2.24, 2.45) is 13.0 Å². The fourth-order valence-electron chi connectivity index (χ4n) is 4.37. The largest absolute Gasteiger partial charge is 0.374 e. The number of carbonyl (C=O) groups excluding carboxylic acids is 1. The van der Waals surface area contributed by atoms with Crippen LogP contribution in [-0.4, -0.2) is 35.9 Å². The lowest BCUT2D eigenvalue weighted by Crippen LogP contribution is -2.39. The highest BCUT2D eigenvalue weighted by Crippen LogP contribution is 2.36. The van der Waals surface area contributed by atoms with Crippen molar-refractivity contribution in [3.05, 3.63) is 47.8 Å². The molecule has 1 saturated heterocycles. The maximum atomic E-state index is 13.3. The van der Waals surface area contributed by atoms with Gasteiger partial charge in [-0.2, -0.15) is 5.10 Å². The number of rotatable bonds is 3. The van der Waals surface area contributed by atoms with Crippen LogP contribution in [0.4, 0.5) is 5.69 Å². The molecule has 1 amide bonds. The number of para-hydroxylation sites is 1. The number of anilines is 1. The van der Waals surface area contributed by atoms with Crippen molar-refractivity contribution in [2.75, 3.05) is 25.1 Å². The third-order valence-electron chi connectivity index (χ3n) is 5.84. The first kappa shape index (κ1) is 18.0. The van der Waals surface area contributed by atoms with Gasteiger partial charge >= 0.3 is 0 Å². The first-order valence-electron chi connectivity index (χ1n) is 9.85. The van der Waals surface area contributed by atoms with Crippen LogP contribution in [0.2, 0.25) is 0 Å². The summed E-state index contributed by atoms with van der Waals surface area (Å²) in [6, 6.07) is 10.4. The Labute approximate surface area is 160 Å². The van der Waals surface area contributed by atoms with Crippen LogP contribution in [0.25, 0.3) is 0 Å². The Hall–Kier alpha value is -2.34. The summed E-state index contributed by atoms with van der Waals surface area (Å²) in [5.41, 5.74) is 3.39. The van der Waals surface area contributed by atoms with Gasteiger partial charge in [0.05, 0.1) is 17.7 Å². The zero-order chi connectivity index (χ0) is 18.8. The van der Waals surface area contributed by atoms with Gasteiger partial charge in [-0.1, -0.05) is 18.2 Å². The van der Waals surface area contributed by atoms with E-state index in [0.717, 1.165) is 37.9 Å². The number of amides is 1. The van der Waals surface area contributed by atoms with Gasteiger partial charge in [0.1, 0.15) is 6.10 Å². The number of aromatic nitrogens is 2. The summed E-state index contributed by atoms with van der Waals surface area (Å²) in [4.78, 5) is 15.5. The van der Waals surface area contributed by atoms with Crippen LogP contribution in [0.3, 0.4) is 0 Å². The number of nitrogens with one attached hydrogen (secondary N) is 1. The molecule has 0 radical (unpaired) electrons. The molecular weight excluding hydrogens is 340 g/mol. The predicted molar refractivity (Wildman–Crippen MR) is 104 cm³/mol. The van der Waals surface area contributed by atoms with E-state index in [1.807, 2.05) is 17.8 Å². The monoisotopic (exact) mass is 368 g/mol. The molecule has 0 saturated carbocycles. The zero-order valence-electron chi connectivity index (χ0n) is 16.1. The van der Waals surface area contributed by atoms with Gasteiger partial charge in [0.25, 0.3) is 0 Å². The van der Waals surface area contributed by atoms with Gasteiger partial charge < -0.3 is 15.0 Å². The molecule has 2 aromatic rings. The molecule has 0 bridgehead atoms. The Morgan fingerprint density at radius 1 is 1.19 bits per heavy atom. The average Bonchev–Trinajstić information content (AvgIpc) is 3.06. The van der Waals surface area contributed by atoms with E-state index < -0.39 is 0 Å². The molecule has 1 N–H and O–H groups in total. The fraction of sp³-hybridized carbons (Fsp3) is 0.524. The minimum atomic E-state index is -0.227. The van der Waals surface area contributed by atoms with E-state index in [0.29, 0.717) is 6.61 Å². The van der Waals surface area contributed by atoms with Crippen molar-refractivity contribution in [3.63, 3.8) is 0 Å². The maximum absolute atomic E-state index is 13.3. The summed E-state index contributed by atoms with van der Waals surface area (Å²) >= 11 is 0. The highest BCUT2D eigenvalue weighted by molar-refractivity contribution is 5.80. The van der Waals surface area contributed by atoms with Crippen molar-refractivity contribution >= 4 is 11.6 Å². The van der Waals surface area contributed by atoms with Gasteiger partial charge in [0.15, 0.2) is 0 Å². The van der Waals surface area contributed by atoms with Crippen molar-refractivity contribution in [1.82, 2.24) is 15.1 Å². The van der Waals surface area contributed by atoms with E-state index in [4.69, 9.17) is 4.74 Å². The topological polar surface area (TPSA) is 59.4 Å². The molecule has 27 heavy (non-hydrogen) atoms. The van der Waals surface area contributed by atoms with Crippen LogP contribution in [-0.2, 0) is 16.6 Å². The highest BCUT2D eigenvalue weighted by atomic mass is 16.5. The van der Waals surface area contributed by atoms with Crippen LogP contribution in [0.15, 0.2) is 36.5 Å². The third kappa shape index (κ3) is 3.58. The second-order valence-corrected chi connectivity index (χ2v) is 7.60. The minimum Gasteiger partial charge on any atom is -0.374 e. The second kappa shape index (κ2) is 7.72. The maximum Gasteiger partial charge on any atom is 0.226 e. The number of ether oxygens (including phenoxy) is 1. The summed E-state index contributed by atoms with van der Waals surface area (Å²) in [5, 5.41) is 7.59. The number of hydrogen-bond donors (Lipinski definition) is 1. The van der Waals surface area contributed by atoms with Crippen molar-refractivity contribution in [2.45, 2.75) is 37.8 Å². The van der Waals surface area contributed by atoms with Crippen LogP contribution < -0.4 is 10.2 Å². The molecule has 3 heterocycles. The summed E-state index contributed by atoms with van der Waals surface area (Å²) in [6.07, 6.45) is 5.31. The summed E-state index contributed by atoms with van der Waals surface area (Å²) in [5.74, 6) is -0.0902. The lowest BCUT2D eigenvalue weighted by atomic mass is 9.90. The van der Waals surface area contributed by atoms with Crippen molar-refractivity contribution in [1.29, 1.82) is 0 Å². The first-order valence-corrected chi connectivity index (χ1v) is 9.85. The quantitative estimate of drug-likeness (QED) is 0.905. The molecule has 6 heteroatoms. The third-order valence-corrected chi connectivity index (χ3v) is 5.84. The number of hydrogen-bond acceptors (Lipinski definition) is 4. The van der Waals surface area contributed by atoms with E-state index in [-0.39, 0.29) is 24.0 Å². The molecular formula is C21H28N4O2. The van der Waals surface area contributed by atoms with E-state index >= 15 is 0 Å². The lowest BCUT2D eigenvalue weighted by molar-refractivity contribution is -0.136. The predicted octanol–water partition coefficient (Wildman–Crippen LogP) is 2.98. The molecule has 1 aromatic carbocycles. The first-order chi connectivity index (χ1) is 13.1.